The molecule has 0 saturated heterocycles. The third kappa shape index (κ3) is 7.46. The first-order chi connectivity index (χ1) is 16.2. The van der Waals surface area contributed by atoms with Crippen LogP contribution in [0.15, 0.2) is 36.4 Å². The van der Waals surface area contributed by atoms with Crippen LogP contribution in [0.5, 0.6) is 11.5 Å². The number of carbonyl (C=O) groups is 1. The summed E-state index contributed by atoms with van der Waals surface area (Å²) in [6, 6.07) is 11.5. The predicted octanol–water partition coefficient (Wildman–Crippen LogP) is 3.70. The van der Waals surface area contributed by atoms with Gasteiger partial charge in [0.1, 0.15) is 5.78 Å². The fourth-order valence-corrected chi connectivity index (χ4v) is 5.09. The molecule has 0 aliphatic heterocycles. The van der Waals surface area contributed by atoms with Crippen LogP contribution in [-0.2, 0) is 34.1 Å². The predicted molar refractivity (Wildman–Crippen MR) is 135 cm³/mol. The minimum absolute atomic E-state index is 0.0801. The number of fused-ring (bicyclic) bond motifs is 1. The Morgan fingerprint density at radius 2 is 1.76 bits per heavy atom. The topological polar surface area (TPSA) is 84.9 Å². The van der Waals surface area contributed by atoms with E-state index in [0.717, 1.165) is 62.6 Å². The van der Waals surface area contributed by atoms with Crippen LogP contribution in [-0.4, -0.2) is 59.7 Å². The van der Waals surface area contributed by atoms with Crippen molar-refractivity contribution in [3.63, 3.8) is 0 Å². The van der Waals surface area contributed by atoms with Crippen molar-refractivity contribution in [3.8, 4) is 11.5 Å². The van der Waals surface area contributed by atoms with Crippen molar-refractivity contribution in [2.45, 2.75) is 38.5 Å². The highest BCUT2D eigenvalue weighted by Crippen LogP contribution is 2.34. The van der Waals surface area contributed by atoms with Gasteiger partial charge in [-0.3, -0.25) is 9.52 Å². The number of hydrogen-bond donors (Lipinski definition) is 1. The van der Waals surface area contributed by atoms with Gasteiger partial charge in [-0.2, -0.15) is 0 Å². The Kier molecular flexibility index (Phi) is 8.97. The first-order valence-electron chi connectivity index (χ1n) is 11.7. The van der Waals surface area contributed by atoms with Crippen molar-refractivity contribution in [2.75, 3.05) is 45.3 Å². The van der Waals surface area contributed by atoms with Gasteiger partial charge in [-0.05, 0) is 86.7 Å². The SMILES string of the molecule is COc1cc2c(cc1OC)CC(=O)C(CCCN(C)CCc1cccc(NS(C)(=O)=O)c1)CC2. The van der Waals surface area contributed by atoms with Crippen LogP contribution in [0.2, 0.25) is 0 Å². The molecule has 8 heteroatoms. The van der Waals surface area contributed by atoms with Crippen LogP contribution in [0, 0.1) is 5.92 Å². The van der Waals surface area contributed by atoms with Crippen LogP contribution >= 0.6 is 0 Å². The maximum absolute atomic E-state index is 12.9. The molecule has 0 heterocycles. The smallest absolute Gasteiger partial charge is 0.229 e. The Morgan fingerprint density at radius 3 is 2.44 bits per heavy atom. The second-order valence-electron chi connectivity index (χ2n) is 9.12. The number of nitrogens with zero attached hydrogens (tertiary/aromatic N) is 1. The van der Waals surface area contributed by atoms with Gasteiger partial charge in [-0.1, -0.05) is 12.1 Å². The molecule has 1 N–H and O–H groups in total. The largest absolute Gasteiger partial charge is 0.493 e. The molecule has 0 saturated carbocycles. The molecule has 186 valence electrons. The van der Waals surface area contributed by atoms with Gasteiger partial charge in [0.2, 0.25) is 10.0 Å². The van der Waals surface area contributed by atoms with E-state index in [4.69, 9.17) is 9.47 Å². The van der Waals surface area contributed by atoms with Gasteiger partial charge in [0, 0.05) is 24.6 Å². The summed E-state index contributed by atoms with van der Waals surface area (Å²) >= 11 is 0. The fraction of sp³-hybridized carbons (Fsp3) is 0.500. The molecule has 1 unspecified atom stereocenters. The summed E-state index contributed by atoms with van der Waals surface area (Å²) in [5.41, 5.74) is 3.90. The average Bonchev–Trinajstić information content (AvgIpc) is 2.93. The number of likely N-dealkylation sites (N-methyl/N-ethyl adjacent to an activating group) is 1. The number of nitrogens with one attached hydrogen (secondary N) is 1. The van der Waals surface area contributed by atoms with E-state index in [2.05, 4.69) is 16.7 Å². The summed E-state index contributed by atoms with van der Waals surface area (Å²) in [5.74, 6) is 1.78. The van der Waals surface area contributed by atoms with Crippen LogP contribution < -0.4 is 14.2 Å². The second kappa shape index (κ2) is 11.7. The van der Waals surface area contributed by atoms with Crippen molar-refractivity contribution >= 4 is 21.5 Å². The molecular weight excluding hydrogens is 452 g/mol. The molecule has 2 aromatic carbocycles. The number of anilines is 1. The summed E-state index contributed by atoms with van der Waals surface area (Å²) in [5, 5.41) is 0. The first kappa shape index (κ1) is 26.0. The van der Waals surface area contributed by atoms with E-state index < -0.39 is 10.0 Å². The molecule has 1 atom stereocenters. The molecule has 0 aromatic heterocycles. The Hall–Kier alpha value is -2.58. The zero-order chi connectivity index (χ0) is 24.7. The first-order valence-corrected chi connectivity index (χ1v) is 13.6. The number of rotatable bonds is 11. The van der Waals surface area contributed by atoms with Gasteiger partial charge in [-0.15, -0.1) is 0 Å². The van der Waals surface area contributed by atoms with Crippen molar-refractivity contribution in [3.05, 3.63) is 53.1 Å². The van der Waals surface area contributed by atoms with E-state index >= 15 is 0 Å². The van der Waals surface area contributed by atoms with E-state index in [9.17, 15) is 13.2 Å². The van der Waals surface area contributed by atoms with E-state index in [1.807, 2.05) is 30.3 Å². The van der Waals surface area contributed by atoms with Crippen LogP contribution in [0.3, 0.4) is 0 Å². The monoisotopic (exact) mass is 488 g/mol. The lowest BCUT2D eigenvalue weighted by molar-refractivity contribution is -0.122. The molecule has 1 aliphatic rings. The zero-order valence-electron chi connectivity index (χ0n) is 20.6. The lowest BCUT2D eigenvalue weighted by Gasteiger charge is -2.19. The van der Waals surface area contributed by atoms with E-state index in [-0.39, 0.29) is 5.92 Å². The number of sulfonamides is 1. The van der Waals surface area contributed by atoms with Gasteiger partial charge in [-0.25, -0.2) is 8.42 Å². The van der Waals surface area contributed by atoms with Crippen molar-refractivity contribution < 1.29 is 22.7 Å². The van der Waals surface area contributed by atoms with E-state index in [1.165, 1.54) is 5.56 Å². The van der Waals surface area contributed by atoms with Gasteiger partial charge >= 0.3 is 0 Å². The molecule has 0 spiro atoms. The number of hydrogen-bond acceptors (Lipinski definition) is 6. The third-order valence-electron chi connectivity index (χ3n) is 6.39. The summed E-state index contributed by atoms with van der Waals surface area (Å²) in [6.07, 6.45) is 6.03. The highest BCUT2D eigenvalue weighted by molar-refractivity contribution is 7.92. The molecule has 34 heavy (non-hydrogen) atoms. The molecule has 0 bridgehead atoms. The molecule has 2 aromatic rings. The number of ketones is 1. The number of benzene rings is 2. The zero-order valence-corrected chi connectivity index (χ0v) is 21.4. The molecular formula is C26H36N2O5S. The van der Waals surface area contributed by atoms with Gasteiger partial charge in [0.25, 0.3) is 0 Å². The molecule has 0 fully saturated rings. The fourth-order valence-electron chi connectivity index (χ4n) is 4.53. The van der Waals surface area contributed by atoms with Crippen molar-refractivity contribution in [1.82, 2.24) is 4.90 Å². The number of aryl methyl sites for hydroxylation is 1. The minimum atomic E-state index is -3.28. The Labute approximate surface area is 203 Å². The lowest BCUT2D eigenvalue weighted by Crippen LogP contribution is -2.24. The highest BCUT2D eigenvalue weighted by atomic mass is 32.2. The van der Waals surface area contributed by atoms with Crippen molar-refractivity contribution in [2.24, 2.45) is 5.92 Å². The summed E-state index contributed by atoms with van der Waals surface area (Å²) < 4.78 is 36.2. The summed E-state index contributed by atoms with van der Waals surface area (Å²) in [4.78, 5) is 15.2. The average molecular weight is 489 g/mol. The highest BCUT2D eigenvalue weighted by Gasteiger charge is 2.25. The molecule has 0 radical (unpaired) electrons. The van der Waals surface area contributed by atoms with E-state index in [1.54, 1.807) is 20.3 Å². The molecule has 0 amide bonds. The number of methoxy groups -OCH3 is 2. The third-order valence-corrected chi connectivity index (χ3v) is 7.00. The molecule has 3 rings (SSSR count). The Bertz CT molecular complexity index is 1100. The normalized spacial score (nSPS) is 16.1. The van der Waals surface area contributed by atoms with Gasteiger partial charge in [0.15, 0.2) is 11.5 Å². The minimum Gasteiger partial charge on any atom is -0.493 e. The standard InChI is InChI=1S/C26H36N2O5S/c1-28(14-12-19-7-5-9-23(15-19)27-34(4,30)31)13-6-8-20-10-11-21-17-25(32-2)26(33-3)18-22(21)16-24(20)29/h5,7,9,15,17-18,20,27H,6,8,10-14,16H2,1-4H3. The van der Waals surface area contributed by atoms with E-state index in [0.29, 0.717) is 29.4 Å². The lowest BCUT2D eigenvalue weighted by atomic mass is 9.93. The summed E-state index contributed by atoms with van der Waals surface area (Å²) in [6.45, 7) is 1.78. The Morgan fingerprint density at radius 1 is 1.06 bits per heavy atom. The van der Waals surface area contributed by atoms with Crippen LogP contribution in [0.1, 0.15) is 36.0 Å². The number of ether oxygens (including phenoxy) is 2. The maximum atomic E-state index is 12.9. The second-order valence-corrected chi connectivity index (χ2v) is 10.9. The number of carbonyl (C=O) groups excluding carboxylic acids is 1. The van der Waals surface area contributed by atoms with Crippen molar-refractivity contribution in [1.29, 1.82) is 0 Å². The maximum Gasteiger partial charge on any atom is 0.229 e. The van der Waals surface area contributed by atoms with Crippen LogP contribution in [0.25, 0.3) is 0 Å². The van der Waals surface area contributed by atoms with Crippen LogP contribution in [0.4, 0.5) is 5.69 Å². The summed E-state index contributed by atoms with van der Waals surface area (Å²) in [7, 11) is 2.06. The number of Topliss-reactive ketones (excluding diaryl/α,β-unsaturated/α-hetero) is 1. The van der Waals surface area contributed by atoms with Gasteiger partial charge < -0.3 is 14.4 Å². The Balaban J connectivity index is 1.47. The molecule has 1 aliphatic carbocycles. The molecule has 7 nitrogen and oxygen atoms in total. The van der Waals surface area contributed by atoms with Gasteiger partial charge in [0.05, 0.1) is 20.5 Å². The quantitative estimate of drug-likeness (QED) is 0.486.